The molecule has 1 aromatic carbocycles. The normalized spacial score (nSPS) is 10.2. The van der Waals surface area contributed by atoms with Gasteiger partial charge in [0.1, 0.15) is 5.01 Å². The van der Waals surface area contributed by atoms with Crippen molar-refractivity contribution in [3.05, 3.63) is 41.4 Å². The molecule has 0 amide bonds. The van der Waals surface area contributed by atoms with Crippen LogP contribution in [0.4, 0.5) is 0 Å². The van der Waals surface area contributed by atoms with E-state index in [4.69, 9.17) is 0 Å². The highest BCUT2D eigenvalue weighted by atomic mass is 79.9. The third kappa shape index (κ3) is 1.98. The summed E-state index contributed by atoms with van der Waals surface area (Å²) >= 11 is 5.07. The zero-order valence-electron chi connectivity index (χ0n) is 6.90. The molecule has 1 heterocycles. The van der Waals surface area contributed by atoms with Gasteiger partial charge in [0.2, 0.25) is 0 Å². The van der Waals surface area contributed by atoms with Crippen molar-refractivity contribution in [1.29, 1.82) is 0 Å². The molecule has 1 aromatic heterocycles. The van der Waals surface area contributed by atoms with Crippen LogP contribution in [0.1, 0.15) is 5.69 Å². The predicted molar refractivity (Wildman–Crippen MR) is 60.2 cm³/mol. The lowest BCUT2D eigenvalue weighted by atomic mass is 10.2. The molecule has 0 radical (unpaired) electrons. The third-order valence-corrected chi connectivity index (χ3v) is 3.22. The smallest absolute Gasteiger partial charge is 0.123 e. The van der Waals surface area contributed by atoms with E-state index in [0.717, 1.165) is 16.0 Å². The zero-order valence-corrected chi connectivity index (χ0v) is 9.31. The third-order valence-electron chi connectivity index (χ3n) is 1.71. The largest absolute Gasteiger partial charge is 0.240 e. The van der Waals surface area contributed by atoms with Gasteiger partial charge in [-0.25, -0.2) is 4.98 Å². The molecule has 0 bridgehead atoms. The Hall–Kier alpha value is -0.670. The van der Waals surface area contributed by atoms with Gasteiger partial charge in [0.25, 0.3) is 0 Å². The average molecular weight is 254 g/mol. The van der Waals surface area contributed by atoms with Crippen LogP contribution >= 0.6 is 27.3 Å². The van der Waals surface area contributed by atoms with Gasteiger partial charge in [0, 0.05) is 16.3 Å². The number of alkyl halides is 1. The summed E-state index contributed by atoms with van der Waals surface area (Å²) in [6.45, 7) is 0. The SMILES string of the molecule is BrCc1csc(-c2ccccc2)n1. The number of nitrogens with zero attached hydrogens (tertiary/aromatic N) is 1. The average Bonchev–Trinajstić information content (AvgIpc) is 2.67. The summed E-state index contributed by atoms with van der Waals surface area (Å²) in [7, 11) is 0. The number of benzene rings is 1. The number of hydrogen-bond donors (Lipinski definition) is 0. The Labute approximate surface area is 89.6 Å². The molecule has 0 atom stereocenters. The summed E-state index contributed by atoms with van der Waals surface area (Å²) in [5.41, 5.74) is 2.29. The summed E-state index contributed by atoms with van der Waals surface area (Å²) in [6, 6.07) is 10.2. The van der Waals surface area contributed by atoms with Crippen LogP contribution in [0, 0.1) is 0 Å². The number of halogens is 1. The quantitative estimate of drug-likeness (QED) is 0.744. The number of thiazole rings is 1. The second-order valence-corrected chi connectivity index (χ2v) is 4.06. The molecule has 0 unspecified atom stereocenters. The van der Waals surface area contributed by atoms with Crippen LogP contribution in [0.15, 0.2) is 35.7 Å². The first-order valence-electron chi connectivity index (χ1n) is 3.96. The topological polar surface area (TPSA) is 12.9 Å². The van der Waals surface area contributed by atoms with Crippen LogP contribution in [0.3, 0.4) is 0 Å². The van der Waals surface area contributed by atoms with E-state index in [-0.39, 0.29) is 0 Å². The summed E-state index contributed by atoms with van der Waals surface area (Å²) in [5.74, 6) is 0. The van der Waals surface area contributed by atoms with Gasteiger partial charge < -0.3 is 0 Å². The van der Waals surface area contributed by atoms with Gasteiger partial charge in [-0.2, -0.15) is 0 Å². The molecule has 1 nitrogen and oxygen atoms in total. The molecule has 0 saturated carbocycles. The number of aromatic nitrogens is 1. The van der Waals surface area contributed by atoms with Crippen molar-refractivity contribution in [1.82, 2.24) is 4.98 Å². The highest BCUT2D eigenvalue weighted by Gasteiger charge is 2.01. The monoisotopic (exact) mass is 253 g/mol. The molecule has 0 spiro atoms. The molecular formula is C10H8BrNS. The predicted octanol–water partition coefficient (Wildman–Crippen LogP) is 3.71. The van der Waals surface area contributed by atoms with E-state index in [9.17, 15) is 0 Å². The molecule has 66 valence electrons. The van der Waals surface area contributed by atoms with Gasteiger partial charge >= 0.3 is 0 Å². The van der Waals surface area contributed by atoms with E-state index in [0.29, 0.717) is 0 Å². The molecule has 2 rings (SSSR count). The molecule has 0 aliphatic heterocycles. The fourth-order valence-electron chi connectivity index (χ4n) is 1.08. The summed E-state index contributed by atoms with van der Waals surface area (Å²) in [5, 5.41) is 4.00. The highest BCUT2D eigenvalue weighted by molar-refractivity contribution is 9.08. The maximum atomic E-state index is 4.47. The molecule has 0 aliphatic carbocycles. The molecule has 3 heteroatoms. The molecular weight excluding hydrogens is 246 g/mol. The van der Waals surface area contributed by atoms with Crippen LogP contribution in [0.2, 0.25) is 0 Å². The molecule has 13 heavy (non-hydrogen) atoms. The van der Waals surface area contributed by atoms with Gasteiger partial charge in [0.05, 0.1) is 5.69 Å². The maximum absolute atomic E-state index is 4.47. The standard InChI is InChI=1S/C10H8BrNS/c11-6-9-7-13-10(12-9)8-4-2-1-3-5-8/h1-5,7H,6H2. The first-order valence-corrected chi connectivity index (χ1v) is 5.96. The maximum Gasteiger partial charge on any atom is 0.123 e. The Kier molecular flexibility index (Phi) is 2.76. The minimum atomic E-state index is 0.830. The molecule has 0 N–H and O–H groups in total. The number of hydrogen-bond acceptors (Lipinski definition) is 2. The first-order chi connectivity index (χ1) is 6.40. The van der Waals surface area contributed by atoms with Crippen LogP contribution in [0.5, 0.6) is 0 Å². The fourth-order valence-corrected chi connectivity index (χ4v) is 2.41. The van der Waals surface area contributed by atoms with E-state index < -0.39 is 0 Å². The first kappa shape index (κ1) is 8.91. The van der Waals surface area contributed by atoms with Crippen LogP contribution in [-0.2, 0) is 5.33 Å². The van der Waals surface area contributed by atoms with E-state index in [2.05, 4.69) is 38.4 Å². The van der Waals surface area contributed by atoms with Crippen molar-refractivity contribution in [2.75, 3.05) is 0 Å². The minimum Gasteiger partial charge on any atom is -0.240 e. The van der Waals surface area contributed by atoms with E-state index in [1.807, 2.05) is 18.2 Å². The molecule has 2 aromatic rings. The number of rotatable bonds is 2. The summed E-state index contributed by atoms with van der Waals surface area (Å²) in [4.78, 5) is 4.47. The van der Waals surface area contributed by atoms with Crippen molar-refractivity contribution in [2.24, 2.45) is 0 Å². The molecule has 0 saturated heterocycles. The van der Waals surface area contributed by atoms with E-state index >= 15 is 0 Å². The summed E-state index contributed by atoms with van der Waals surface area (Å²) < 4.78 is 0. The summed E-state index contributed by atoms with van der Waals surface area (Å²) in [6.07, 6.45) is 0. The lowest BCUT2D eigenvalue weighted by Gasteiger charge is -1.92. The zero-order chi connectivity index (χ0) is 9.10. The van der Waals surface area contributed by atoms with Crippen molar-refractivity contribution in [2.45, 2.75) is 5.33 Å². The Morgan fingerprint density at radius 3 is 2.62 bits per heavy atom. The van der Waals surface area contributed by atoms with Gasteiger partial charge in [-0.15, -0.1) is 11.3 Å². The lowest BCUT2D eigenvalue weighted by Crippen LogP contribution is -1.77. The lowest BCUT2D eigenvalue weighted by molar-refractivity contribution is 1.25. The van der Waals surface area contributed by atoms with Crippen molar-refractivity contribution in [3.8, 4) is 10.6 Å². The Morgan fingerprint density at radius 1 is 1.23 bits per heavy atom. The molecule has 0 fully saturated rings. The minimum absolute atomic E-state index is 0.830. The Morgan fingerprint density at radius 2 is 2.00 bits per heavy atom. The van der Waals surface area contributed by atoms with E-state index in [1.165, 1.54) is 5.56 Å². The van der Waals surface area contributed by atoms with Gasteiger partial charge in [-0.3, -0.25) is 0 Å². The second-order valence-electron chi connectivity index (χ2n) is 2.64. The Bertz CT molecular complexity index is 383. The van der Waals surface area contributed by atoms with Gasteiger partial charge in [-0.1, -0.05) is 46.3 Å². The molecule has 0 aliphatic rings. The van der Waals surface area contributed by atoms with Crippen LogP contribution in [0.25, 0.3) is 10.6 Å². The highest BCUT2D eigenvalue weighted by Crippen LogP contribution is 2.23. The van der Waals surface area contributed by atoms with Gasteiger partial charge in [-0.05, 0) is 0 Å². The van der Waals surface area contributed by atoms with Gasteiger partial charge in [0.15, 0.2) is 0 Å². The van der Waals surface area contributed by atoms with Crippen molar-refractivity contribution < 1.29 is 0 Å². The van der Waals surface area contributed by atoms with Crippen LogP contribution in [-0.4, -0.2) is 4.98 Å². The van der Waals surface area contributed by atoms with Crippen molar-refractivity contribution in [3.63, 3.8) is 0 Å². The van der Waals surface area contributed by atoms with Crippen molar-refractivity contribution >= 4 is 27.3 Å². The fraction of sp³-hybridized carbons (Fsp3) is 0.100. The second kappa shape index (κ2) is 4.03. The van der Waals surface area contributed by atoms with Crippen LogP contribution < -0.4 is 0 Å². The Balaban J connectivity index is 2.36. The van der Waals surface area contributed by atoms with E-state index in [1.54, 1.807) is 11.3 Å².